The predicted molar refractivity (Wildman–Crippen MR) is 78.0 cm³/mol. The van der Waals surface area contributed by atoms with E-state index in [9.17, 15) is 9.90 Å². The van der Waals surface area contributed by atoms with Gasteiger partial charge in [-0.05, 0) is 12.5 Å². The summed E-state index contributed by atoms with van der Waals surface area (Å²) in [5, 5.41) is 19.8. The number of fused-ring (bicyclic) bond motifs is 1. The topological polar surface area (TPSA) is 96.4 Å². The summed E-state index contributed by atoms with van der Waals surface area (Å²) in [6.07, 6.45) is 3.78. The van der Waals surface area contributed by atoms with E-state index in [1.807, 2.05) is 6.08 Å². The van der Waals surface area contributed by atoms with Crippen molar-refractivity contribution in [1.82, 2.24) is 4.98 Å². The van der Waals surface area contributed by atoms with Crippen LogP contribution < -0.4 is 15.6 Å². The van der Waals surface area contributed by atoms with Crippen LogP contribution in [0.3, 0.4) is 0 Å². The number of aliphatic hydroxyl groups is 1. The van der Waals surface area contributed by atoms with Gasteiger partial charge in [-0.15, -0.1) is 23.1 Å². The molecule has 1 heterocycles. The summed E-state index contributed by atoms with van der Waals surface area (Å²) in [5.74, 6) is -0.766. The lowest BCUT2D eigenvalue weighted by Crippen LogP contribution is -2.32. The third-order valence-electron chi connectivity index (χ3n) is 2.57. The van der Waals surface area contributed by atoms with E-state index in [2.05, 4.69) is 11.6 Å². The molecule has 0 spiro atoms. The van der Waals surface area contributed by atoms with Crippen molar-refractivity contribution in [2.45, 2.75) is 18.6 Å². The first-order valence-electron chi connectivity index (χ1n) is 5.65. The predicted octanol–water partition coefficient (Wildman–Crippen LogP) is -0.415. The Bertz CT molecular complexity index is 623. The SMILES string of the molecule is C=C(SCC(N)C(=O)O)c1nc2c(s1)=CC(O)CC=2. The Hall–Kier alpha value is -1.15. The summed E-state index contributed by atoms with van der Waals surface area (Å²) < 4.78 is 0.929. The Morgan fingerprint density at radius 3 is 3.16 bits per heavy atom. The van der Waals surface area contributed by atoms with Gasteiger partial charge >= 0.3 is 5.97 Å². The lowest BCUT2D eigenvalue weighted by Gasteiger charge is -2.05. The molecule has 2 unspecified atom stereocenters. The van der Waals surface area contributed by atoms with E-state index in [1.54, 1.807) is 6.08 Å². The minimum Gasteiger partial charge on any atom is -0.480 e. The van der Waals surface area contributed by atoms with Crippen LogP contribution in [0.2, 0.25) is 0 Å². The molecule has 0 saturated carbocycles. The van der Waals surface area contributed by atoms with Crippen molar-refractivity contribution in [2.24, 2.45) is 5.73 Å². The Labute approximate surface area is 118 Å². The molecule has 19 heavy (non-hydrogen) atoms. The smallest absolute Gasteiger partial charge is 0.321 e. The molecule has 2 atom stereocenters. The number of aromatic nitrogens is 1. The highest BCUT2D eigenvalue weighted by Gasteiger charge is 2.14. The van der Waals surface area contributed by atoms with Crippen molar-refractivity contribution in [3.63, 3.8) is 0 Å². The van der Waals surface area contributed by atoms with E-state index in [1.165, 1.54) is 23.1 Å². The number of nitrogens with zero attached hydrogens (tertiary/aromatic N) is 1. The molecule has 102 valence electrons. The summed E-state index contributed by atoms with van der Waals surface area (Å²) in [6, 6.07) is -0.906. The number of nitrogens with two attached hydrogens (primary N) is 1. The number of thioether (sulfide) groups is 1. The van der Waals surface area contributed by atoms with Crippen molar-refractivity contribution >= 4 is 46.1 Å². The fourth-order valence-electron chi connectivity index (χ4n) is 1.53. The maximum Gasteiger partial charge on any atom is 0.321 e. The van der Waals surface area contributed by atoms with E-state index in [4.69, 9.17) is 10.8 Å². The van der Waals surface area contributed by atoms with Gasteiger partial charge in [-0.2, -0.15) is 0 Å². The molecule has 4 N–H and O–H groups in total. The first kappa shape index (κ1) is 14.3. The molecule has 7 heteroatoms. The third-order valence-corrected chi connectivity index (χ3v) is 4.86. The molecule has 1 aromatic heterocycles. The monoisotopic (exact) mass is 298 g/mol. The minimum absolute atomic E-state index is 0.258. The highest BCUT2D eigenvalue weighted by Crippen LogP contribution is 2.25. The van der Waals surface area contributed by atoms with Gasteiger partial charge in [-0.25, -0.2) is 4.98 Å². The summed E-state index contributed by atoms with van der Waals surface area (Å²) in [4.78, 5) is 15.7. The summed E-state index contributed by atoms with van der Waals surface area (Å²) in [7, 11) is 0. The van der Waals surface area contributed by atoms with Gasteiger partial charge in [0.25, 0.3) is 0 Å². The lowest BCUT2D eigenvalue weighted by atomic mass is 10.2. The average Bonchev–Trinajstić information content (AvgIpc) is 2.78. The van der Waals surface area contributed by atoms with Crippen molar-refractivity contribution in [1.29, 1.82) is 0 Å². The number of carboxylic acid groups (broad SMARTS) is 1. The Morgan fingerprint density at radius 2 is 2.47 bits per heavy atom. The van der Waals surface area contributed by atoms with Gasteiger partial charge in [-0.3, -0.25) is 4.79 Å². The fraction of sp³-hybridized carbons (Fsp3) is 0.333. The molecule has 1 aromatic rings. The van der Waals surface area contributed by atoms with Crippen LogP contribution in [0.5, 0.6) is 0 Å². The van der Waals surface area contributed by atoms with Crippen molar-refractivity contribution < 1.29 is 15.0 Å². The molecule has 0 saturated heterocycles. The van der Waals surface area contributed by atoms with Crippen LogP contribution in [0.4, 0.5) is 0 Å². The molecule has 0 bridgehead atoms. The van der Waals surface area contributed by atoms with Gasteiger partial charge in [0.15, 0.2) is 0 Å². The molecular formula is C12H14N2O3S2. The molecule has 2 rings (SSSR count). The second-order valence-corrected chi connectivity index (χ2v) is 6.27. The largest absolute Gasteiger partial charge is 0.480 e. The number of rotatable bonds is 5. The van der Waals surface area contributed by atoms with Crippen molar-refractivity contribution in [3.8, 4) is 0 Å². The third kappa shape index (κ3) is 3.44. The number of hydrogen-bond donors (Lipinski definition) is 3. The number of thiazole rings is 1. The zero-order valence-electron chi connectivity index (χ0n) is 10.1. The van der Waals surface area contributed by atoms with Crippen LogP contribution in [0, 0.1) is 0 Å². The molecule has 5 nitrogen and oxygen atoms in total. The number of carboxylic acids is 1. The quantitative estimate of drug-likeness (QED) is 0.683. The number of aliphatic hydroxyl groups excluding tert-OH is 1. The van der Waals surface area contributed by atoms with Crippen LogP contribution in [0.25, 0.3) is 17.1 Å². The highest BCUT2D eigenvalue weighted by atomic mass is 32.2. The zero-order chi connectivity index (χ0) is 14.0. The van der Waals surface area contributed by atoms with E-state index < -0.39 is 18.1 Å². The Morgan fingerprint density at radius 1 is 1.74 bits per heavy atom. The van der Waals surface area contributed by atoms with E-state index in [0.717, 1.165) is 14.9 Å². The van der Waals surface area contributed by atoms with Crippen molar-refractivity contribution in [3.05, 3.63) is 21.5 Å². The van der Waals surface area contributed by atoms with Gasteiger partial charge < -0.3 is 15.9 Å². The maximum absolute atomic E-state index is 10.6. The molecular weight excluding hydrogens is 284 g/mol. The van der Waals surface area contributed by atoms with Crippen molar-refractivity contribution in [2.75, 3.05) is 5.75 Å². The zero-order valence-corrected chi connectivity index (χ0v) is 11.7. The van der Waals surface area contributed by atoms with Gasteiger partial charge in [0.1, 0.15) is 11.0 Å². The van der Waals surface area contributed by atoms with E-state index in [-0.39, 0.29) is 5.75 Å². The fourth-order valence-corrected chi connectivity index (χ4v) is 3.45. The second-order valence-electron chi connectivity index (χ2n) is 4.12. The van der Waals surface area contributed by atoms with E-state index in [0.29, 0.717) is 11.3 Å². The molecule has 0 aliphatic heterocycles. The second kappa shape index (κ2) is 5.87. The standard InChI is InChI=1S/C12H14N2O3S2/c1-6(18-5-8(13)12(16)17)11-14-9-3-2-7(15)4-10(9)19-11/h3-4,7-8,15H,1-2,5,13H2,(H,16,17). The molecule has 1 aliphatic carbocycles. The van der Waals surface area contributed by atoms with Gasteiger partial charge in [0.2, 0.25) is 0 Å². The lowest BCUT2D eigenvalue weighted by molar-refractivity contribution is -0.137. The molecule has 1 aliphatic rings. The number of carbonyl (C=O) groups is 1. The van der Waals surface area contributed by atoms with Crippen LogP contribution in [-0.2, 0) is 4.79 Å². The minimum atomic E-state index is -1.02. The van der Waals surface area contributed by atoms with Crippen LogP contribution in [0.1, 0.15) is 11.4 Å². The molecule has 0 radical (unpaired) electrons. The van der Waals surface area contributed by atoms with Gasteiger partial charge in [0, 0.05) is 10.7 Å². The molecule has 0 aromatic carbocycles. The molecule has 0 fully saturated rings. The summed E-state index contributed by atoms with van der Waals surface area (Å²) in [6.45, 7) is 3.89. The van der Waals surface area contributed by atoms with E-state index >= 15 is 0 Å². The van der Waals surface area contributed by atoms with Gasteiger partial charge in [-0.1, -0.05) is 12.7 Å². The number of aliphatic carboxylic acids is 1. The van der Waals surface area contributed by atoms with Gasteiger partial charge in [0.05, 0.1) is 16.0 Å². The first-order valence-corrected chi connectivity index (χ1v) is 7.45. The van der Waals surface area contributed by atoms with Crippen LogP contribution >= 0.6 is 23.1 Å². The Balaban J connectivity index is 2.10. The average molecular weight is 298 g/mol. The first-order chi connectivity index (χ1) is 8.97. The number of hydrogen-bond acceptors (Lipinski definition) is 6. The van der Waals surface area contributed by atoms with Crippen LogP contribution in [0.15, 0.2) is 6.58 Å². The summed E-state index contributed by atoms with van der Waals surface area (Å²) >= 11 is 2.73. The maximum atomic E-state index is 10.6. The van der Waals surface area contributed by atoms with Crippen LogP contribution in [-0.4, -0.2) is 39.1 Å². The normalized spacial score (nSPS) is 18.9. The summed E-state index contributed by atoms with van der Waals surface area (Å²) in [5.41, 5.74) is 5.43. The highest BCUT2D eigenvalue weighted by molar-refractivity contribution is 8.08. The Kier molecular flexibility index (Phi) is 4.41. The molecule has 0 amide bonds.